The van der Waals surface area contributed by atoms with Crippen LogP contribution in [0, 0.1) is 11.3 Å². The first kappa shape index (κ1) is 11.7. The van der Waals surface area contributed by atoms with E-state index in [1.165, 1.54) is 5.56 Å². The molecule has 3 nitrogen and oxygen atoms in total. The van der Waals surface area contributed by atoms with Crippen molar-refractivity contribution in [3.8, 4) is 6.07 Å². The summed E-state index contributed by atoms with van der Waals surface area (Å²) >= 11 is 3.42. The molecule has 0 fully saturated rings. The quantitative estimate of drug-likeness (QED) is 0.915. The number of halogens is 1. The number of anilines is 1. The summed E-state index contributed by atoms with van der Waals surface area (Å²) in [4.78, 5) is 11.1. The summed E-state index contributed by atoms with van der Waals surface area (Å²) in [6.07, 6.45) is 0.820. The molecule has 0 saturated heterocycles. The molecule has 4 heteroatoms. The summed E-state index contributed by atoms with van der Waals surface area (Å²) in [5, 5.41) is 11.0. The Morgan fingerprint density at radius 3 is 2.87 bits per heavy atom. The van der Waals surface area contributed by atoms with Gasteiger partial charge in [0, 0.05) is 10.2 Å². The minimum atomic E-state index is -0.284. The molecule has 0 heterocycles. The largest absolute Gasteiger partial charge is 0.325 e. The highest BCUT2D eigenvalue weighted by Gasteiger charge is 2.03. The third-order valence-corrected chi connectivity index (χ3v) is 2.70. The van der Waals surface area contributed by atoms with Crippen molar-refractivity contribution in [2.24, 2.45) is 0 Å². The van der Waals surface area contributed by atoms with Gasteiger partial charge in [-0.25, -0.2) is 0 Å². The van der Waals surface area contributed by atoms with Crippen LogP contribution in [0.1, 0.15) is 18.9 Å². The molecule has 0 radical (unpaired) electrons. The van der Waals surface area contributed by atoms with Crippen LogP contribution in [-0.2, 0) is 11.2 Å². The number of nitriles is 1. The molecule has 0 atom stereocenters. The lowest BCUT2D eigenvalue weighted by atomic mass is 10.1. The first-order chi connectivity index (χ1) is 7.17. The molecule has 0 saturated carbocycles. The molecule has 0 aliphatic heterocycles. The van der Waals surface area contributed by atoms with E-state index in [0.29, 0.717) is 5.69 Å². The van der Waals surface area contributed by atoms with E-state index in [-0.39, 0.29) is 12.3 Å². The molecule has 1 aromatic rings. The number of hydrogen-bond acceptors (Lipinski definition) is 2. The van der Waals surface area contributed by atoms with Crippen molar-refractivity contribution >= 4 is 27.5 Å². The van der Waals surface area contributed by atoms with Gasteiger partial charge < -0.3 is 5.32 Å². The molecule has 0 bridgehead atoms. The number of benzene rings is 1. The molecule has 1 rings (SSSR count). The fourth-order valence-corrected chi connectivity index (χ4v) is 1.85. The van der Waals surface area contributed by atoms with Gasteiger partial charge in [-0.2, -0.15) is 5.26 Å². The van der Waals surface area contributed by atoms with Crippen molar-refractivity contribution in [1.29, 1.82) is 5.26 Å². The molecule has 1 N–H and O–H groups in total. The Hall–Kier alpha value is -1.34. The SMILES string of the molecule is CCc1ccc(NC(=O)CC#N)cc1Br. The zero-order chi connectivity index (χ0) is 11.3. The highest BCUT2D eigenvalue weighted by Crippen LogP contribution is 2.21. The predicted molar refractivity (Wildman–Crippen MR) is 62.4 cm³/mol. The zero-order valence-corrected chi connectivity index (χ0v) is 9.97. The van der Waals surface area contributed by atoms with E-state index in [9.17, 15) is 4.79 Å². The van der Waals surface area contributed by atoms with E-state index >= 15 is 0 Å². The van der Waals surface area contributed by atoms with Crippen molar-refractivity contribution in [1.82, 2.24) is 0 Å². The van der Waals surface area contributed by atoms with Crippen molar-refractivity contribution in [2.45, 2.75) is 19.8 Å². The molecular weight excluding hydrogens is 256 g/mol. The second kappa shape index (κ2) is 5.52. The Morgan fingerprint density at radius 1 is 1.60 bits per heavy atom. The van der Waals surface area contributed by atoms with Gasteiger partial charge in [-0.05, 0) is 24.1 Å². The van der Waals surface area contributed by atoms with Gasteiger partial charge >= 0.3 is 0 Å². The van der Waals surface area contributed by atoms with Crippen LogP contribution >= 0.6 is 15.9 Å². The smallest absolute Gasteiger partial charge is 0.238 e. The van der Waals surface area contributed by atoms with Gasteiger partial charge in [0.15, 0.2) is 0 Å². The maximum absolute atomic E-state index is 11.1. The van der Waals surface area contributed by atoms with Crippen molar-refractivity contribution < 1.29 is 4.79 Å². The molecule has 0 aliphatic rings. The first-order valence-electron chi connectivity index (χ1n) is 4.62. The van der Waals surface area contributed by atoms with Gasteiger partial charge in [-0.1, -0.05) is 28.9 Å². The Labute approximate surface area is 97.2 Å². The Balaban J connectivity index is 2.76. The summed E-state index contributed by atoms with van der Waals surface area (Å²) in [5.74, 6) is -0.284. The normalized spacial score (nSPS) is 9.40. The zero-order valence-electron chi connectivity index (χ0n) is 8.38. The van der Waals surface area contributed by atoms with Crippen LogP contribution in [0.4, 0.5) is 5.69 Å². The van der Waals surface area contributed by atoms with E-state index in [0.717, 1.165) is 10.9 Å². The first-order valence-corrected chi connectivity index (χ1v) is 5.42. The average Bonchev–Trinajstić information content (AvgIpc) is 2.18. The molecule has 0 unspecified atom stereocenters. The monoisotopic (exact) mass is 266 g/mol. The third kappa shape index (κ3) is 3.37. The number of carbonyl (C=O) groups excluding carboxylic acids is 1. The highest BCUT2D eigenvalue weighted by molar-refractivity contribution is 9.10. The van der Waals surface area contributed by atoms with Crippen molar-refractivity contribution in [3.05, 3.63) is 28.2 Å². The maximum Gasteiger partial charge on any atom is 0.238 e. The molecule has 0 aromatic heterocycles. The second-order valence-corrected chi connectivity index (χ2v) is 3.90. The minimum Gasteiger partial charge on any atom is -0.325 e. The van der Waals surface area contributed by atoms with E-state index in [1.54, 1.807) is 6.07 Å². The maximum atomic E-state index is 11.1. The number of hydrogen-bond donors (Lipinski definition) is 1. The lowest BCUT2D eigenvalue weighted by molar-refractivity contribution is -0.115. The Morgan fingerprint density at radius 2 is 2.33 bits per heavy atom. The molecule has 1 aromatic carbocycles. The molecule has 1 amide bonds. The fraction of sp³-hybridized carbons (Fsp3) is 0.273. The van der Waals surface area contributed by atoms with Gasteiger partial charge in [0.2, 0.25) is 5.91 Å². The van der Waals surface area contributed by atoms with E-state index < -0.39 is 0 Å². The van der Waals surface area contributed by atoms with E-state index in [2.05, 4.69) is 28.2 Å². The van der Waals surface area contributed by atoms with E-state index in [4.69, 9.17) is 5.26 Å². The average molecular weight is 267 g/mol. The molecule has 0 spiro atoms. The summed E-state index contributed by atoms with van der Waals surface area (Å²) in [5.41, 5.74) is 1.90. The number of nitrogens with one attached hydrogen (secondary N) is 1. The number of carbonyl (C=O) groups is 1. The highest BCUT2D eigenvalue weighted by atomic mass is 79.9. The van der Waals surface area contributed by atoms with Crippen LogP contribution in [0.15, 0.2) is 22.7 Å². The second-order valence-electron chi connectivity index (χ2n) is 3.04. The Bertz CT molecular complexity index is 410. The van der Waals surface area contributed by atoms with Crippen LogP contribution in [0.3, 0.4) is 0 Å². The topological polar surface area (TPSA) is 52.9 Å². The summed E-state index contributed by atoms with van der Waals surface area (Å²) in [6, 6.07) is 7.43. The molecule has 78 valence electrons. The van der Waals surface area contributed by atoms with Gasteiger partial charge in [0.25, 0.3) is 0 Å². The van der Waals surface area contributed by atoms with Gasteiger partial charge in [-0.15, -0.1) is 0 Å². The number of nitrogens with zero attached hydrogens (tertiary/aromatic N) is 1. The van der Waals surface area contributed by atoms with Crippen molar-refractivity contribution in [2.75, 3.05) is 5.32 Å². The fourth-order valence-electron chi connectivity index (χ4n) is 1.19. The van der Waals surface area contributed by atoms with Crippen LogP contribution in [0.2, 0.25) is 0 Å². The minimum absolute atomic E-state index is 0.118. The number of aryl methyl sites for hydroxylation is 1. The molecule has 0 aliphatic carbocycles. The predicted octanol–water partition coefficient (Wildman–Crippen LogP) is 2.86. The van der Waals surface area contributed by atoms with E-state index in [1.807, 2.05) is 18.2 Å². The van der Waals surface area contributed by atoms with Gasteiger partial charge in [0.05, 0.1) is 6.07 Å². The number of rotatable bonds is 3. The van der Waals surface area contributed by atoms with Crippen LogP contribution in [0.25, 0.3) is 0 Å². The van der Waals surface area contributed by atoms with Crippen LogP contribution in [-0.4, -0.2) is 5.91 Å². The lowest BCUT2D eigenvalue weighted by Gasteiger charge is -2.06. The lowest BCUT2D eigenvalue weighted by Crippen LogP contribution is -2.10. The van der Waals surface area contributed by atoms with Crippen molar-refractivity contribution in [3.63, 3.8) is 0 Å². The van der Waals surface area contributed by atoms with Crippen LogP contribution in [0.5, 0.6) is 0 Å². The summed E-state index contributed by atoms with van der Waals surface area (Å²) in [6.45, 7) is 2.06. The molecule has 15 heavy (non-hydrogen) atoms. The van der Waals surface area contributed by atoms with Gasteiger partial charge in [-0.3, -0.25) is 4.79 Å². The number of amides is 1. The molecular formula is C11H11BrN2O. The summed E-state index contributed by atoms with van der Waals surface area (Å²) < 4.78 is 0.972. The van der Waals surface area contributed by atoms with Gasteiger partial charge in [0.1, 0.15) is 6.42 Å². The third-order valence-electron chi connectivity index (χ3n) is 1.96. The summed E-state index contributed by atoms with van der Waals surface area (Å²) in [7, 11) is 0. The Kier molecular flexibility index (Phi) is 4.32. The van der Waals surface area contributed by atoms with Crippen LogP contribution < -0.4 is 5.32 Å². The standard InChI is InChI=1S/C11H11BrN2O/c1-2-8-3-4-9(7-10(8)12)14-11(15)5-6-13/h3-4,7H,2,5H2,1H3,(H,14,15).